The number of ether oxygens (including phenoxy) is 1. The van der Waals surface area contributed by atoms with Gasteiger partial charge in [-0.15, -0.1) is 0 Å². The predicted octanol–water partition coefficient (Wildman–Crippen LogP) is 10.1. The molecule has 3 aromatic carbocycles. The number of rotatable bonds is 5. The molecule has 0 aliphatic heterocycles. The molecule has 0 N–H and O–H groups in total. The topological polar surface area (TPSA) is 44.9 Å². The Kier molecular flexibility index (Phi) is 6.92. The third-order valence-electron chi connectivity index (χ3n) is 9.30. The molecular weight excluding hydrogens is 540 g/mol. The van der Waals surface area contributed by atoms with Crippen LogP contribution in [0.25, 0.3) is 33.3 Å². The lowest BCUT2D eigenvalue weighted by molar-refractivity contribution is 0.390. The maximum Gasteiger partial charge on any atom is 0.137 e. The van der Waals surface area contributed by atoms with E-state index >= 15 is 0 Å². The smallest absolute Gasteiger partial charge is 0.137 e. The van der Waals surface area contributed by atoms with Gasteiger partial charge in [0.15, 0.2) is 0 Å². The van der Waals surface area contributed by atoms with Gasteiger partial charge < -0.3 is 4.74 Å². The number of hydrogen-bond acceptors (Lipinski definition) is 3. The molecule has 1 unspecified atom stereocenters. The van der Waals surface area contributed by atoms with Crippen LogP contribution in [-0.2, 0) is 0 Å². The van der Waals surface area contributed by atoms with Crippen LogP contribution in [0.4, 0.5) is 0 Å². The van der Waals surface area contributed by atoms with Gasteiger partial charge in [0.1, 0.15) is 17.3 Å². The number of aryl methyl sites for hydroxylation is 3. The Morgan fingerprint density at radius 3 is 2.36 bits per heavy atom. The van der Waals surface area contributed by atoms with Crippen molar-refractivity contribution >= 4 is 21.8 Å². The van der Waals surface area contributed by atoms with Gasteiger partial charge in [-0.05, 0) is 106 Å². The monoisotopic (exact) mass is 580 g/mol. The average molecular weight is 581 g/mol. The summed E-state index contributed by atoms with van der Waals surface area (Å²) in [6.07, 6.45) is 5.53. The quantitative estimate of drug-likeness (QED) is 0.191. The van der Waals surface area contributed by atoms with Crippen molar-refractivity contribution in [3.05, 3.63) is 119 Å². The van der Waals surface area contributed by atoms with Crippen molar-refractivity contribution < 1.29 is 4.74 Å². The number of fused-ring (bicyclic) bond motifs is 3. The second-order valence-corrected chi connectivity index (χ2v) is 12.9. The number of aromatic nitrogens is 4. The fourth-order valence-electron chi connectivity index (χ4n) is 7.61. The van der Waals surface area contributed by atoms with Crippen molar-refractivity contribution in [2.24, 2.45) is 11.8 Å². The maximum absolute atomic E-state index is 6.60. The lowest BCUT2D eigenvalue weighted by Crippen LogP contribution is -2.20. The van der Waals surface area contributed by atoms with E-state index in [1.54, 1.807) is 0 Å². The van der Waals surface area contributed by atoms with E-state index in [0.29, 0.717) is 17.8 Å². The minimum Gasteiger partial charge on any atom is -0.457 e. The first-order chi connectivity index (χ1) is 21.2. The Balaban J connectivity index is 1.28. The lowest BCUT2D eigenvalue weighted by Gasteiger charge is -2.32. The van der Waals surface area contributed by atoms with Crippen LogP contribution in [0, 0.1) is 39.5 Å². The van der Waals surface area contributed by atoms with Crippen LogP contribution in [0.3, 0.4) is 0 Å². The summed E-state index contributed by atoms with van der Waals surface area (Å²) in [5, 5.41) is 7.44. The first-order valence-electron chi connectivity index (χ1n) is 15.7. The van der Waals surface area contributed by atoms with Crippen LogP contribution in [0.15, 0.2) is 90.6 Å². The number of hydrogen-bond donors (Lipinski definition) is 0. The highest BCUT2D eigenvalue weighted by atomic mass is 16.5. The normalized spacial score (nSPS) is 18.6. The van der Waals surface area contributed by atoms with Gasteiger partial charge in [-0.1, -0.05) is 43.7 Å². The molecular formula is C39H40N4O. The summed E-state index contributed by atoms with van der Waals surface area (Å²) in [6.45, 7) is 15.6. The van der Waals surface area contributed by atoms with Gasteiger partial charge in [0.2, 0.25) is 0 Å². The van der Waals surface area contributed by atoms with Crippen molar-refractivity contribution in [3.8, 4) is 23.0 Å². The van der Waals surface area contributed by atoms with Crippen LogP contribution >= 0.6 is 0 Å². The summed E-state index contributed by atoms with van der Waals surface area (Å²) >= 11 is 0. The Morgan fingerprint density at radius 1 is 0.773 bits per heavy atom. The molecule has 5 nitrogen and oxygen atoms in total. The molecule has 0 radical (unpaired) electrons. The molecule has 0 spiro atoms. The first-order valence-corrected chi connectivity index (χ1v) is 15.7. The first kappa shape index (κ1) is 28.1. The van der Waals surface area contributed by atoms with Crippen molar-refractivity contribution in [2.75, 3.05) is 0 Å². The summed E-state index contributed by atoms with van der Waals surface area (Å²) in [5.41, 5.74) is 10.6. The summed E-state index contributed by atoms with van der Waals surface area (Å²) in [4.78, 5) is 4.73. The zero-order valence-corrected chi connectivity index (χ0v) is 26.7. The molecule has 7 rings (SSSR count). The second kappa shape index (κ2) is 10.8. The molecule has 3 heterocycles. The number of para-hydroxylation sites is 1. The summed E-state index contributed by atoms with van der Waals surface area (Å²) < 4.78 is 10.9. The van der Waals surface area contributed by atoms with Crippen molar-refractivity contribution in [3.63, 3.8) is 0 Å². The minimum atomic E-state index is 0.404. The molecule has 222 valence electrons. The van der Waals surface area contributed by atoms with Crippen molar-refractivity contribution in [1.29, 1.82) is 0 Å². The van der Waals surface area contributed by atoms with E-state index < -0.39 is 0 Å². The third-order valence-corrected chi connectivity index (χ3v) is 9.30. The van der Waals surface area contributed by atoms with Gasteiger partial charge in [0.25, 0.3) is 0 Å². The van der Waals surface area contributed by atoms with Crippen LogP contribution in [0.1, 0.15) is 61.2 Å². The van der Waals surface area contributed by atoms with Gasteiger partial charge in [0.05, 0.1) is 22.4 Å². The fraction of sp³-hybridized carbons (Fsp3) is 0.282. The van der Waals surface area contributed by atoms with Gasteiger partial charge in [-0.25, -0.2) is 9.67 Å². The summed E-state index contributed by atoms with van der Waals surface area (Å²) in [7, 11) is 0. The van der Waals surface area contributed by atoms with Gasteiger partial charge in [-0.3, -0.25) is 4.57 Å². The molecule has 1 aliphatic rings. The van der Waals surface area contributed by atoms with Gasteiger partial charge in [-0.2, -0.15) is 5.10 Å². The van der Waals surface area contributed by atoms with Crippen molar-refractivity contribution in [1.82, 2.24) is 19.3 Å². The Hall–Kier alpha value is -4.64. The van der Waals surface area contributed by atoms with Crippen LogP contribution in [-0.4, -0.2) is 19.3 Å². The van der Waals surface area contributed by atoms with E-state index in [1.165, 1.54) is 39.6 Å². The largest absolute Gasteiger partial charge is 0.457 e. The highest BCUT2D eigenvalue weighted by Gasteiger charge is 2.31. The van der Waals surface area contributed by atoms with E-state index in [2.05, 4.69) is 131 Å². The maximum atomic E-state index is 6.60. The van der Waals surface area contributed by atoms with Gasteiger partial charge >= 0.3 is 0 Å². The van der Waals surface area contributed by atoms with Gasteiger partial charge in [0, 0.05) is 46.3 Å². The average Bonchev–Trinajstić information content (AvgIpc) is 3.45. The second-order valence-electron chi connectivity index (χ2n) is 12.9. The lowest BCUT2D eigenvalue weighted by atomic mass is 9.72. The molecule has 5 heteroatoms. The van der Waals surface area contributed by atoms with Crippen LogP contribution < -0.4 is 4.74 Å². The molecule has 0 bridgehead atoms. The Morgan fingerprint density at radius 2 is 1.57 bits per heavy atom. The Labute approximate surface area is 259 Å². The zero-order valence-electron chi connectivity index (χ0n) is 26.7. The third kappa shape index (κ3) is 4.81. The number of nitrogens with zero attached hydrogens (tertiary/aromatic N) is 4. The fourth-order valence-corrected chi connectivity index (χ4v) is 7.61. The standard InChI is InChI=1S/C39H40N4O/c1-23-14-15-40-37(20-23)42-35-11-9-8-10-33(35)34-13-12-31(22-36(34)42)44-32-19-25(3)18-30(21-32)43-29(7)39(28(6)41-43)38-26(4)16-24(2)17-27(38)5/h8-16,18-22,24,27,38H,17H2,1-7H3/t24-,27-,38?/m0/s1. The molecule has 0 saturated heterocycles. The van der Waals surface area contributed by atoms with Crippen molar-refractivity contribution in [2.45, 2.75) is 60.8 Å². The molecule has 3 atom stereocenters. The molecule has 0 fully saturated rings. The SMILES string of the molecule is CC1=C[C@H](C)C[C@H](C)C1c1c(C)nn(-c2cc(C)cc(Oc3ccc4c5ccccc5n(-c5cc(C)ccn5)c4c3)c2)c1C. The molecule has 3 aromatic heterocycles. The Bertz CT molecular complexity index is 2080. The molecule has 44 heavy (non-hydrogen) atoms. The zero-order chi connectivity index (χ0) is 30.7. The van der Waals surface area contributed by atoms with E-state index in [4.69, 9.17) is 14.8 Å². The summed E-state index contributed by atoms with van der Waals surface area (Å²) in [5.74, 6) is 4.09. The minimum absolute atomic E-state index is 0.404. The van der Waals surface area contributed by atoms with E-state index in [0.717, 1.165) is 45.3 Å². The van der Waals surface area contributed by atoms with E-state index in [9.17, 15) is 0 Å². The predicted molar refractivity (Wildman–Crippen MR) is 181 cm³/mol. The number of benzene rings is 3. The van der Waals surface area contributed by atoms with E-state index in [1.807, 2.05) is 12.3 Å². The highest BCUT2D eigenvalue weighted by molar-refractivity contribution is 6.09. The van der Waals surface area contributed by atoms with Crippen LogP contribution in [0.2, 0.25) is 0 Å². The van der Waals surface area contributed by atoms with Crippen LogP contribution in [0.5, 0.6) is 11.5 Å². The molecule has 1 aliphatic carbocycles. The highest BCUT2D eigenvalue weighted by Crippen LogP contribution is 2.43. The summed E-state index contributed by atoms with van der Waals surface area (Å²) in [6, 6.07) is 25.4. The molecule has 6 aromatic rings. The molecule has 0 saturated carbocycles. The number of allylic oxidation sites excluding steroid dienone is 2. The van der Waals surface area contributed by atoms with E-state index in [-0.39, 0.29) is 0 Å². The number of pyridine rings is 1. The molecule has 0 amide bonds.